The third-order valence-electron chi connectivity index (χ3n) is 3.47. The first-order valence-electron chi connectivity index (χ1n) is 6.14. The molecule has 2 aromatic rings. The van der Waals surface area contributed by atoms with E-state index in [0.29, 0.717) is 0 Å². The molecule has 0 fully saturated rings. The quantitative estimate of drug-likeness (QED) is 0.640. The highest BCUT2D eigenvalue weighted by atomic mass is 14.9. The lowest BCUT2D eigenvalue weighted by Gasteiger charge is -2.28. The molecule has 86 valence electrons. The number of hydrogen-bond acceptors (Lipinski definition) is 1. The van der Waals surface area contributed by atoms with Crippen LogP contribution in [0, 0.1) is 0 Å². The molecule has 1 heteroatoms. The maximum Gasteiger partial charge on any atom is 0.0595 e. The molecule has 1 aliphatic rings. The Bertz CT molecular complexity index is 620. The van der Waals surface area contributed by atoms with Crippen molar-refractivity contribution in [2.24, 2.45) is 4.99 Å². The molecular formula is C16H17N. The van der Waals surface area contributed by atoms with Crippen molar-refractivity contribution in [2.75, 3.05) is 0 Å². The molecule has 0 aromatic heterocycles. The minimum absolute atomic E-state index is 0.0412. The highest BCUT2D eigenvalue weighted by Crippen LogP contribution is 2.31. The van der Waals surface area contributed by atoms with Crippen molar-refractivity contribution in [1.29, 1.82) is 0 Å². The fourth-order valence-corrected chi connectivity index (χ4v) is 2.91. The Labute approximate surface area is 102 Å². The molecule has 0 atom stereocenters. The number of nitrogens with zero attached hydrogens (tertiary/aromatic N) is 1. The van der Waals surface area contributed by atoms with E-state index in [2.05, 4.69) is 57.2 Å². The van der Waals surface area contributed by atoms with Crippen LogP contribution in [-0.2, 0) is 6.42 Å². The molecule has 0 aliphatic carbocycles. The summed E-state index contributed by atoms with van der Waals surface area (Å²) in [7, 11) is 0. The first kappa shape index (κ1) is 10.5. The van der Waals surface area contributed by atoms with Crippen molar-refractivity contribution in [3.63, 3.8) is 0 Å². The molecule has 0 radical (unpaired) electrons. The Hall–Kier alpha value is -1.63. The summed E-state index contributed by atoms with van der Waals surface area (Å²) in [4.78, 5) is 4.82. The monoisotopic (exact) mass is 223 g/mol. The summed E-state index contributed by atoms with van der Waals surface area (Å²) >= 11 is 0. The lowest BCUT2D eigenvalue weighted by Crippen LogP contribution is -2.28. The topological polar surface area (TPSA) is 12.4 Å². The summed E-state index contributed by atoms with van der Waals surface area (Å²) in [5.41, 5.74) is 4.00. The summed E-state index contributed by atoms with van der Waals surface area (Å²) in [6.07, 6.45) is 1.03. The number of benzene rings is 2. The highest BCUT2D eigenvalue weighted by molar-refractivity contribution is 6.11. The summed E-state index contributed by atoms with van der Waals surface area (Å²) in [5, 5.41) is 2.64. The standard InChI is InChI=1S/C16H17N/c1-11-15-13(10-16(2,3)17-11)9-8-12-6-4-5-7-14(12)15/h4-9H,10H2,1-3H3. The Morgan fingerprint density at radius 2 is 1.82 bits per heavy atom. The van der Waals surface area contributed by atoms with Crippen molar-refractivity contribution < 1.29 is 0 Å². The number of rotatable bonds is 0. The van der Waals surface area contributed by atoms with E-state index in [1.165, 1.54) is 27.6 Å². The fraction of sp³-hybridized carbons (Fsp3) is 0.312. The van der Waals surface area contributed by atoms with Crippen LogP contribution < -0.4 is 0 Å². The average molecular weight is 223 g/mol. The Morgan fingerprint density at radius 3 is 2.65 bits per heavy atom. The van der Waals surface area contributed by atoms with Gasteiger partial charge in [0.15, 0.2) is 0 Å². The Balaban J connectivity index is 2.35. The van der Waals surface area contributed by atoms with Crippen LogP contribution in [-0.4, -0.2) is 11.3 Å². The van der Waals surface area contributed by atoms with Crippen molar-refractivity contribution in [1.82, 2.24) is 0 Å². The summed E-state index contributed by atoms with van der Waals surface area (Å²) < 4.78 is 0. The molecule has 0 saturated carbocycles. The molecule has 0 N–H and O–H groups in total. The van der Waals surface area contributed by atoms with E-state index in [1.54, 1.807) is 0 Å². The van der Waals surface area contributed by atoms with E-state index in [1.807, 2.05) is 0 Å². The molecular weight excluding hydrogens is 206 g/mol. The van der Waals surface area contributed by atoms with Crippen molar-refractivity contribution >= 4 is 16.5 Å². The number of aliphatic imine (C=N–C) groups is 1. The maximum atomic E-state index is 4.82. The number of hydrogen-bond donors (Lipinski definition) is 0. The van der Waals surface area contributed by atoms with Crippen molar-refractivity contribution in [2.45, 2.75) is 32.7 Å². The predicted molar refractivity (Wildman–Crippen MR) is 73.9 cm³/mol. The van der Waals surface area contributed by atoms with E-state index in [0.717, 1.165) is 6.42 Å². The molecule has 3 rings (SSSR count). The van der Waals surface area contributed by atoms with Gasteiger partial charge < -0.3 is 0 Å². The lowest BCUT2D eigenvalue weighted by molar-refractivity contribution is 0.513. The van der Waals surface area contributed by atoms with Crippen LogP contribution in [0.5, 0.6) is 0 Å². The second-order valence-corrected chi connectivity index (χ2v) is 5.51. The van der Waals surface area contributed by atoms with Gasteiger partial charge in [-0.05, 0) is 43.5 Å². The fourth-order valence-electron chi connectivity index (χ4n) is 2.91. The molecule has 1 aliphatic heterocycles. The molecule has 1 nitrogen and oxygen atoms in total. The number of fused-ring (bicyclic) bond motifs is 3. The van der Waals surface area contributed by atoms with Crippen LogP contribution in [0.25, 0.3) is 10.8 Å². The first-order chi connectivity index (χ1) is 8.07. The second kappa shape index (κ2) is 3.43. The van der Waals surface area contributed by atoms with Crippen LogP contribution in [0.3, 0.4) is 0 Å². The van der Waals surface area contributed by atoms with Gasteiger partial charge in [-0.25, -0.2) is 0 Å². The molecule has 2 aromatic carbocycles. The zero-order valence-corrected chi connectivity index (χ0v) is 10.6. The molecule has 0 bridgehead atoms. The summed E-state index contributed by atoms with van der Waals surface area (Å²) in [6.45, 7) is 6.54. The van der Waals surface area contributed by atoms with Gasteiger partial charge in [0.25, 0.3) is 0 Å². The third kappa shape index (κ3) is 1.66. The minimum atomic E-state index is 0.0412. The van der Waals surface area contributed by atoms with Gasteiger partial charge in [-0.1, -0.05) is 36.4 Å². The van der Waals surface area contributed by atoms with Gasteiger partial charge in [0, 0.05) is 11.3 Å². The third-order valence-corrected chi connectivity index (χ3v) is 3.47. The Morgan fingerprint density at radius 1 is 1.06 bits per heavy atom. The van der Waals surface area contributed by atoms with Gasteiger partial charge in [0.2, 0.25) is 0 Å². The van der Waals surface area contributed by atoms with E-state index < -0.39 is 0 Å². The predicted octanol–water partition coefficient (Wildman–Crippen LogP) is 3.98. The summed E-state index contributed by atoms with van der Waals surface area (Å²) in [5.74, 6) is 0. The van der Waals surface area contributed by atoms with Crippen LogP contribution >= 0.6 is 0 Å². The normalized spacial score (nSPS) is 17.7. The molecule has 17 heavy (non-hydrogen) atoms. The maximum absolute atomic E-state index is 4.82. The van der Waals surface area contributed by atoms with Gasteiger partial charge in [-0.3, -0.25) is 4.99 Å². The van der Waals surface area contributed by atoms with E-state index in [9.17, 15) is 0 Å². The van der Waals surface area contributed by atoms with Gasteiger partial charge in [-0.2, -0.15) is 0 Å². The Kier molecular flexibility index (Phi) is 2.12. The molecule has 1 heterocycles. The molecule has 0 spiro atoms. The smallest absolute Gasteiger partial charge is 0.0595 e. The van der Waals surface area contributed by atoms with Crippen LogP contribution in [0.15, 0.2) is 41.4 Å². The lowest BCUT2D eigenvalue weighted by atomic mass is 9.85. The zero-order chi connectivity index (χ0) is 12.0. The zero-order valence-electron chi connectivity index (χ0n) is 10.6. The van der Waals surface area contributed by atoms with Crippen molar-refractivity contribution in [3.8, 4) is 0 Å². The van der Waals surface area contributed by atoms with Crippen molar-refractivity contribution in [3.05, 3.63) is 47.5 Å². The van der Waals surface area contributed by atoms with Gasteiger partial charge in [0.1, 0.15) is 0 Å². The second-order valence-electron chi connectivity index (χ2n) is 5.51. The van der Waals surface area contributed by atoms with Gasteiger partial charge in [-0.15, -0.1) is 0 Å². The van der Waals surface area contributed by atoms with E-state index in [-0.39, 0.29) is 5.54 Å². The minimum Gasteiger partial charge on any atom is -0.283 e. The van der Waals surface area contributed by atoms with Gasteiger partial charge >= 0.3 is 0 Å². The SMILES string of the molecule is CC1=NC(C)(C)Cc2ccc3ccccc3c21. The summed E-state index contributed by atoms with van der Waals surface area (Å²) in [6, 6.07) is 13.1. The molecule has 0 amide bonds. The van der Waals surface area contributed by atoms with E-state index >= 15 is 0 Å². The highest BCUT2D eigenvalue weighted by Gasteiger charge is 2.25. The molecule has 0 unspecified atom stereocenters. The van der Waals surface area contributed by atoms with Gasteiger partial charge in [0.05, 0.1) is 5.54 Å². The van der Waals surface area contributed by atoms with Crippen LogP contribution in [0.2, 0.25) is 0 Å². The van der Waals surface area contributed by atoms with Crippen LogP contribution in [0.4, 0.5) is 0 Å². The first-order valence-corrected chi connectivity index (χ1v) is 6.14. The average Bonchev–Trinajstić information content (AvgIpc) is 2.26. The van der Waals surface area contributed by atoms with Crippen LogP contribution in [0.1, 0.15) is 31.9 Å². The van der Waals surface area contributed by atoms with E-state index in [4.69, 9.17) is 4.99 Å². The largest absolute Gasteiger partial charge is 0.283 e. The molecule has 0 saturated heterocycles.